The van der Waals surface area contributed by atoms with E-state index in [2.05, 4.69) is 4.74 Å². The predicted molar refractivity (Wildman–Crippen MR) is 32.1 cm³/mol. The summed E-state index contributed by atoms with van der Waals surface area (Å²) in [6, 6.07) is 0. The molecule has 0 aromatic rings. The Kier molecular flexibility index (Phi) is 4.02. The van der Waals surface area contributed by atoms with Gasteiger partial charge in [-0.1, -0.05) is 6.92 Å². The lowest BCUT2D eigenvalue weighted by Gasteiger charge is -2.21. The SMILES string of the molecule is CCCOC(F)(F)C(F)C(F)(F)F. The summed E-state index contributed by atoms with van der Waals surface area (Å²) in [6.07, 6.45) is -14.6. The van der Waals surface area contributed by atoms with Crippen LogP contribution in [0.25, 0.3) is 0 Å². The van der Waals surface area contributed by atoms with Crippen molar-refractivity contribution in [3.8, 4) is 0 Å². The molecule has 7 heteroatoms. The summed E-state index contributed by atoms with van der Waals surface area (Å²) in [5, 5.41) is 0. The summed E-state index contributed by atoms with van der Waals surface area (Å²) in [5.74, 6) is 0. The number of ether oxygens (including phenoxy) is 1. The van der Waals surface area contributed by atoms with Crippen molar-refractivity contribution in [2.45, 2.75) is 31.8 Å². The van der Waals surface area contributed by atoms with Crippen LogP contribution in [0.1, 0.15) is 13.3 Å². The van der Waals surface area contributed by atoms with E-state index < -0.39 is 25.1 Å². The largest absolute Gasteiger partial charge is 0.428 e. The normalized spacial score (nSPS) is 15.9. The molecule has 0 bridgehead atoms. The number of halogens is 6. The Balaban J connectivity index is 4.27. The van der Waals surface area contributed by atoms with E-state index in [1.807, 2.05) is 0 Å². The quantitative estimate of drug-likeness (QED) is 0.648. The maximum Gasteiger partial charge on any atom is 0.428 e. The van der Waals surface area contributed by atoms with Crippen LogP contribution in [0, 0.1) is 0 Å². The van der Waals surface area contributed by atoms with Gasteiger partial charge in [-0.15, -0.1) is 0 Å². The van der Waals surface area contributed by atoms with Gasteiger partial charge in [0.25, 0.3) is 6.17 Å². The van der Waals surface area contributed by atoms with Gasteiger partial charge in [0.1, 0.15) is 0 Å². The highest BCUT2D eigenvalue weighted by molar-refractivity contribution is 4.75. The highest BCUT2D eigenvalue weighted by Crippen LogP contribution is 2.35. The molecule has 13 heavy (non-hydrogen) atoms. The van der Waals surface area contributed by atoms with Gasteiger partial charge in [-0.2, -0.15) is 22.0 Å². The molecular formula is C6H8F6O. The molecule has 1 nitrogen and oxygen atoms in total. The summed E-state index contributed by atoms with van der Waals surface area (Å²) < 4.78 is 74.1. The predicted octanol–water partition coefficient (Wildman–Crippen LogP) is 2.91. The molecule has 80 valence electrons. The van der Waals surface area contributed by atoms with Crippen LogP contribution in [-0.4, -0.2) is 25.1 Å². The van der Waals surface area contributed by atoms with Gasteiger partial charge >= 0.3 is 12.3 Å². The van der Waals surface area contributed by atoms with Crippen molar-refractivity contribution >= 4 is 0 Å². The van der Waals surface area contributed by atoms with Gasteiger partial charge in [-0.3, -0.25) is 0 Å². The molecular weight excluding hydrogens is 202 g/mol. The molecule has 0 saturated carbocycles. The number of hydrogen-bond acceptors (Lipinski definition) is 1. The van der Waals surface area contributed by atoms with Crippen molar-refractivity contribution in [2.75, 3.05) is 6.61 Å². The monoisotopic (exact) mass is 210 g/mol. The minimum atomic E-state index is -5.60. The third-order valence-electron chi connectivity index (χ3n) is 1.08. The maximum atomic E-state index is 12.2. The lowest BCUT2D eigenvalue weighted by atomic mass is 10.3. The van der Waals surface area contributed by atoms with Crippen LogP contribution in [0.15, 0.2) is 0 Å². The van der Waals surface area contributed by atoms with Gasteiger partial charge in [-0.05, 0) is 6.42 Å². The molecule has 0 fully saturated rings. The number of alkyl halides is 6. The van der Waals surface area contributed by atoms with E-state index >= 15 is 0 Å². The fraction of sp³-hybridized carbons (Fsp3) is 1.00. The highest BCUT2D eigenvalue weighted by atomic mass is 19.4. The molecule has 0 radical (unpaired) electrons. The first kappa shape index (κ1) is 12.5. The molecule has 1 unspecified atom stereocenters. The molecule has 0 aliphatic carbocycles. The van der Waals surface area contributed by atoms with Crippen LogP contribution in [-0.2, 0) is 4.74 Å². The molecule has 0 aliphatic rings. The summed E-state index contributed by atoms with van der Waals surface area (Å²) in [5.41, 5.74) is 0. The minimum absolute atomic E-state index is 0.0835. The molecule has 0 aliphatic heterocycles. The number of rotatable bonds is 4. The van der Waals surface area contributed by atoms with Crippen LogP contribution >= 0.6 is 0 Å². The van der Waals surface area contributed by atoms with Crippen molar-refractivity contribution in [3.63, 3.8) is 0 Å². The molecule has 0 heterocycles. The van der Waals surface area contributed by atoms with Crippen LogP contribution in [0.4, 0.5) is 26.3 Å². The third kappa shape index (κ3) is 3.84. The summed E-state index contributed by atoms with van der Waals surface area (Å²) in [4.78, 5) is 0. The van der Waals surface area contributed by atoms with Gasteiger partial charge in [0.05, 0.1) is 6.61 Å². The summed E-state index contributed by atoms with van der Waals surface area (Å²) in [6.45, 7) is 0.792. The molecule has 0 N–H and O–H groups in total. The Labute approximate surface area is 70.7 Å². The third-order valence-corrected chi connectivity index (χ3v) is 1.08. The highest BCUT2D eigenvalue weighted by Gasteiger charge is 2.58. The fourth-order valence-electron chi connectivity index (χ4n) is 0.502. The Morgan fingerprint density at radius 2 is 1.62 bits per heavy atom. The van der Waals surface area contributed by atoms with Crippen LogP contribution < -0.4 is 0 Å². The second kappa shape index (κ2) is 4.17. The lowest BCUT2D eigenvalue weighted by Crippen LogP contribution is -2.43. The first-order valence-corrected chi connectivity index (χ1v) is 3.44. The average Bonchev–Trinajstić information content (AvgIpc) is 1.98. The first-order valence-electron chi connectivity index (χ1n) is 3.44. The van der Waals surface area contributed by atoms with E-state index in [9.17, 15) is 26.3 Å². The van der Waals surface area contributed by atoms with Crippen LogP contribution in [0.3, 0.4) is 0 Å². The topological polar surface area (TPSA) is 9.23 Å². The van der Waals surface area contributed by atoms with E-state index in [-0.39, 0.29) is 6.42 Å². The van der Waals surface area contributed by atoms with E-state index in [0.717, 1.165) is 0 Å². The van der Waals surface area contributed by atoms with Gasteiger partial charge in [0, 0.05) is 0 Å². The second-order valence-corrected chi connectivity index (χ2v) is 2.31. The first-order chi connectivity index (χ1) is 5.72. The molecule has 0 rings (SSSR count). The zero-order valence-electron chi connectivity index (χ0n) is 6.67. The van der Waals surface area contributed by atoms with Gasteiger partial charge in [-0.25, -0.2) is 4.39 Å². The Morgan fingerprint density at radius 3 is 1.92 bits per heavy atom. The average molecular weight is 210 g/mol. The zero-order valence-corrected chi connectivity index (χ0v) is 6.67. The minimum Gasteiger partial charge on any atom is -0.318 e. The summed E-state index contributed by atoms with van der Waals surface area (Å²) in [7, 11) is 0. The molecule has 0 aromatic heterocycles. The van der Waals surface area contributed by atoms with Gasteiger partial charge in [0.15, 0.2) is 0 Å². The lowest BCUT2D eigenvalue weighted by molar-refractivity contribution is -0.335. The van der Waals surface area contributed by atoms with Gasteiger partial charge in [0.2, 0.25) is 0 Å². The summed E-state index contributed by atoms with van der Waals surface area (Å²) >= 11 is 0. The molecule has 0 saturated heterocycles. The Hall–Kier alpha value is -0.460. The smallest absolute Gasteiger partial charge is 0.318 e. The van der Waals surface area contributed by atoms with E-state index in [1.165, 1.54) is 6.92 Å². The van der Waals surface area contributed by atoms with Gasteiger partial charge < -0.3 is 4.74 Å². The Bertz CT molecular complexity index is 154. The van der Waals surface area contributed by atoms with Crippen molar-refractivity contribution in [1.82, 2.24) is 0 Å². The molecule has 0 aromatic carbocycles. The van der Waals surface area contributed by atoms with Crippen LogP contribution in [0.2, 0.25) is 0 Å². The van der Waals surface area contributed by atoms with E-state index in [0.29, 0.717) is 0 Å². The maximum absolute atomic E-state index is 12.2. The van der Waals surface area contributed by atoms with E-state index in [1.54, 1.807) is 0 Å². The van der Waals surface area contributed by atoms with Crippen LogP contribution in [0.5, 0.6) is 0 Å². The molecule has 1 atom stereocenters. The molecule has 0 spiro atoms. The van der Waals surface area contributed by atoms with E-state index in [4.69, 9.17) is 0 Å². The standard InChI is InChI=1S/C6H8F6O/c1-2-3-13-6(11,12)4(7)5(8,9)10/h4H,2-3H2,1H3. The zero-order chi connectivity index (χ0) is 10.7. The van der Waals surface area contributed by atoms with Crippen molar-refractivity contribution in [1.29, 1.82) is 0 Å². The van der Waals surface area contributed by atoms with Crippen molar-refractivity contribution in [2.24, 2.45) is 0 Å². The fourth-order valence-corrected chi connectivity index (χ4v) is 0.502. The second-order valence-electron chi connectivity index (χ2n) is 2.31. The molecule has 0 amide bonds. The van der Waals surface area contributed by atoms with Crippen molar-refractivity contribution < 1.29 is 31.1 Å². The number of hydrogen-bond donors (Lipinski definition) is 0. The Morgan fingerprint density at radius 1 is 1.15 bits per heavy atom. The van der Waals surface area contributed by atoms with Crippen molar-refractivity contribution in [3.05, 3.63) is 0 Å².